The number of hydroxylamine groups is 2. The molecular weight excluding hydrogens is 395 g/mol. The van der Waals surface area contributed by atoms with E-state index in [2.05, 4.69) is 20.8 Å². The number of rotatable bonds is 9. The largest absolute Gasteiger partial charge is 0.378 e. The molecule has 0 radical (unpaired) electrons. The fraction of sp³-hybridized carbons (Fsp3) is 0.684. The molecule has 3 N–H and O–H groups in total. The molecule has 1 saturated heterocycles. The lowest BCUT2D eigenvalue weighted by molar-refractivity contribution is -0.154. The molecule has 2 amide bonds. The highest BCUT2D eigenvalue weighted by Crippen LogP contribution is 2.30. The second-order valence-electron chi connectivity index (χ2n) is 7.78. The molecule has 1 aliphatic heterocycles. The maximum Gasteiger partial charge on any atom is 0.243 e. The number of hydrogen-bond donors (Lipinski definition) is 3. The number of aryl methyl sites for hydroxylation is 1. The zero-order valence-corrected chi connectivity index (χ0v) is 17.1. The summed E-state index contributed by atoms with van der Waals surface area (Å²) in [7, 11) is 0. The zero-order valence-electron chi connectivity index (χ0n) is 17.1. The zero-order chi connectivity index (χ0) is 21.5. The summed E-state index contributed by atoms with van der Waals surface area (Å²) in [6, 6.07) is 0. The van der Waals surface area contributed by atoms with Crippen LogP contribution in [-0.2, 0) is 14.3 Å². The standard InChI is InChI=1S/C19H29FN6O4/c1-13-21-17(16(20)18(22-13)25-6-8-30-9-7-25)23-24-19(28)15(11-26(29)12-27)10-14-4-2-3-5-14/h12,14-15,29H,2-11H2,1H3,(H,24,28)(H,21,22,23)/t15-/m0/s1. The maximum absolute atomic E-state index is 15.0. The molecule has 1 aromatic heterocycles. The van der Waals surface area contributed by atoms with Gasteiger partial charge in [0.1, 0.15) is 5.82 Å². The van der Waals surface area contributed by atoms with Gasteiger partial charge in [0, 0.05) is 13.1 Å². The van der Waals surface area contributed by atoms with Crippen LogP contribution in [0, 0.1) is 24.6 Å². The van der Waals surface area contributed by atoms with Gasteiger partial charge in [-0.1, -0.05) is 25.7 Å². The first-order valence-electron chi connectivity index (χ1n) is 10.3. The first kappa shape index (κ1) is 22.2. The molecule has 3 rings (SSSR count). The molecule has 1 atom stereocenters. The molecule has 2 fully saturated rings. The van der Waals surface area contributed by atoms with Crippen molar-refractivity contribution in [1.82, 2.24) is 20.5 Å². The van der Waals surface area contributed by atoms with Gasteiger partial charge in [-0.3, -0.25) is 25.6 Å². The molecule has 1 aliphatic carbocycles. The summed E-state index contributed by atoms with van der Waals surface area (Å²) in [6.45, 7) is 3.52. The third kappa shape index (κ3) is 5.76. The summed E-state index contributed by atoms with van der Waals surface area (Å²) in [5.74, 6) is -0.967. The van der Waals surface area contributed by atoms with E-state index in [4.69, 9.17) is 4.74 Å². The van der Waals surface area contributed by atoms with E-state index in [9.17, 15) is 19.2 Å². The van der Waals surface area contributed by atoms with Crippen LogP contribution in [0.1, 0.15) is 37.9 Å². The van der Waals surface area contributed by atoms with Gasteiger partial charge in [0.2, 0.25) is 18.1 Å². The third-order valence-corrected chi connectivity index (χ3v) is 5.55. The minimum absolute atomic E-state index is 0.127. The average molecular weight is 424 g/mol. The quantitative estimate of drug-likeness (QED) is 0.308. The number of nitrogens with one attached hydrogen (secondary N) is 2. The fourth-order valence-corrected chi connectivity index (χ4v) is 4.02. The number of aromatic nitrogens is 2. The molecule has 1 aromatic rings. The van der Waals surface area contributed by atoms with Crippen molar-refractivity contribution in [2.45, 2.75) is 39.0 Å². The van der Waals surface area contributed by atoms with Crippen molar-refractivity contribution in [3.63, 3.8) is 0 Å². The maximum atomic E-state index is 15.0. The Morgan fingerprint density at radius 3 is 2.73 bits per heavy atom. The van der Waals surface area contributed by atoms with Crippen LogP contribution in [0.5, 0.6) is 0 Å². The van der Waals surface area contributed by atoms with E-state index in [-0.39, 0.29) is 24.6 Å². The monoisotopic (exact) mass is 424 g/mol. The van der Waals surface area contributed by atoms with Crippen molar-refractivity contribution < 1.29 is 23.9 Å². The van der Waals surface area contributed by atoms with Gasteiger partial charge >= 0.3 is 0 Å². The summed E-state index contributed by atoms with van der Waals surface area (Å²) in [4.78, 5) is 33.5. The van der Waals surface area contributed by atoms with Crippen LogP contribution in [0.15, 0.2) is 0 Å². The molecule has 11 heteroatoms. The van der Waals surface area contributed by atoms with Gasteiger partial charge in [-0.15, -0.1) is 0 Å². The molecule has 0 bridgehead atoms. The minimum Gasteiger partial charge on any atom is -0.378 e. The summed E-state index contributed by atoms with van der Waals surface area (Å²) >= 11 is 0. The molecule has 1 saturated carbocycles. The van der Waals surface area contributed by atoms with Gasteiger partial charge in [0.05, 0.1) is 25.7 Å². The Balaban J connectivity index is 1.67. The van der Waals surface area contributed by atoms with E-state index < -0.39 is 17.6 Å². The van der Waals surface area contributed by atoms with Crippen molar-refractivity contribution >= 4 is 24.0 Å². The lowest BCUT2D eigenvalue weighted by atomic mass is 9.92. The van der Waals surface area contributed by atoms with E-state index in [1.807, 2.05) is 0 Å². The van der Waals surface area contributed by atoms with Crippen LogP contribution < -0.4 is 15.8 Å². The number of carbonyl (C=O) groups excluding carboxylic acids is 2. The van der Waals surface area contributed by atoms with Crippen molar-refractivity contribution in [3.8, 4) is 0 Å². The van der Waals surface area contributed by atoms with Crippen molar-refractivity contribution in [1.29, 1.82) is 0 Å². The smallest absolute Gasteiger partial charge is 0.243 e. The highest BCUT2D eigenvalue weighted by Gasteiger charge is 2.27. The Morgan fingerprint density at radius 1 is 1.37 bits per heavy atom. The summed E-state index contributed by atoms with van der Waals surface area (Å²) < 4.78 is 20.3. The summed E-state index contributed by atoms with van der Waals surface area (Å²) in [5.41, 5.74) is 5.04. The molecule has 30 heavy (non-hydrogen) atoms. The molecule has 0 aromatic carbocycles. The third-order valence-electron chi connectivity index (χ3n) is 5.55. The molecular formula is C19H29FN6O4. The second-order valence-corrected chi connectivity index (χ2v) is 7.78. The highest BCUT2D eigenvalue weighted by molar-refractivity contribution is 5.80. The molecule has 2 aliphatic rings. The number of nitrogens with zero attached hydrogens (tertiary/aromatic N) is 4. The number of hydrogen-bond acceptors (Lipinski definition) is 8. The number of halogens is 1. The predicted molar refractivity (Wildman–Crippen MR) is 106 cm³/mol. The first-order valence-corrected chi connectivity index (χ1v) is 10.3. The van der Waals surface area contributed by atoms with Crippen molar-refractivity contribution in [3.05, 3.63) is 11.6 Å². The van der Waals surface area contributed by atoms with Crippen molar-refractivity contribution in [2.75, 3.05) is 43.2 Å². The van der Waals surface area contributed by atoms with Crippen LogP contribution in [0.3, 0.4) is 0 Å². The molecule has 0 unspecified atom stereocenters. The predicted octanol–water partition coefficient (Wildman–Crippen LogP) is 1.25. The average Bonchev–Trinajstić information content (AvgIpc) is 3.27. The Bertz CT molecular complexity index is 740. The van der Waals surface area contributed by atoms with E-state index in [0.717, 1.165) is 25.7 Å². The van der Waals surface area contributed by atoms with Gasteiger partial charge in [-0.25, -0.2) is 15.0 Å². The second kappa shape index (κ2) is 10.5. The first-order chi connectivity index (χ1) is 14.5. The molecule has 2 heterocycles. The van der Waals surface area contributed by atoms with E-state index in [1.165, 1.54) is 0 Å². The number of morpholine rings is 1. The Kier molecular flexibility index (Phi) is 7.75. The normalized spacial score (nSPS) is 18.2. The molecule has 10 nitrogen and oxygen atoms in total. The fourth-order valence-electron chi connectivity index (χ4n) is 4.02. The van der Waals surface area contributed by atoms with Gasteiger partial charge < -0.3 is 9.64 Å². The summed E-state index contributed by atoms with van der Waals surface area (Å²) in [5, 5.41) is 10.0. The summed E-state index contributed by atoms with van der Waals surface area (Å²) in [6.07, 6.45) is 5.08. The van der Waals surface area contributed by atoms with Crippen molar-refractivity contribution in [2.24, 2.45) is 11.8 Å². The van der Waals surface area contributed by atoms with E-state index >= 15 is 0 Å². The van der Waals surface area contributed by atoms with Crippen LogP contribution in [0.25, 0.3) is 0 Å². The van der Waals surface area contributed by atoms with Gasteiger partial charge in [-0.05, 0) is 19.3 Å². The SMILES string of the molecule is Cc1nc(NNC(=O)[C@@H](CC2CCCC2)CN(O)C=O)c(F)c(N2CCOCC2)n1. The van der Waals surface area contributed by atoms with E-state index in [0.29, 0.717) is 49.5 Å². The Labute approximate surface area is 174 Å². The minimum atomic E-state index is -0.660. The van der Waals surface area contributed by atoms with Gasteiger partial charge in [-0.2, -0.15) is 4.39 Å². The number of ether oxygens (including phenoxy) is 1. The van der Waals surface area contributed by atoms with Crippen LogP contribution in [-0.4, -0.2) is 65.4 Å². The van der Waals surface area contributed by atoms with Gasteiger partial charge in [0.15, 0.2) is 11.6 Å². The Hall–Kier alpha value is -2.53. The van der Waals surface area contributed by atoms with Gasteiger partial charge in [0.25, 0.3) is 0 Å². The highest BCUT2D eigenvalue weighted by atomic mass is 19.1. The topological polar surface area (TPSA) is 120 Å². The van der Waals surface area contributed by atoms with Crippen LogP contribution >= 0.6 is 0 Å². The number of carbonyl (C=O) groups is 2. The number of anilines is 2. The van der Waals surface area contributed by atoms with Crippen LogP contribution in [0.4, 0.5) is 16.0 Å². The molecule has 0 spiro atoms. The van der Waals surface area contributed by atoms with Crippen LogP contribution in [0.2, 0.25) is 0 Å². The number of amides is 2. The Morgan fingerprint density at radius 2 is 2.07 bits per heavy atom. The van der Waals surface area contributed by atoms with E-state index in [1.54, 1.807) is 11.8 Å². The molecule has 166 valence electrons. The lowest BCUT2D eigenvalue weighted by Gasteiger charge is -2.28. The number of hydrazine groups is 1. The lowest BCUT2D eigenvalue weighted by Crippen LogP contribution is -2.41.